The number of aromatic nitrogens is 4. The van der Waals surface area contributed by atoms with Crippen LogP contribution in [0.4, 0.5) is 5.95 Å². The Morgan fingerprint density at radius 3 is 2.66 bits per heavy atom. The van der Waals surface area contributed by atoms with Gasteiger partial charge in [-0.3, -0.25) is 0 Å². The topological polar surface area (TPSA) is 74.1 Å². The minimum atomic E-state index is 0.352. The molecule has 0 atom stereocenters. The molecular weight excluding hydrogens is 390 g/mol. The first-order valence-electron chi connectivity index (χ1n) is 9.83. The first-order chi connectivity index (χ1) is 14.2. The molecule has 3 aromatic rings. The largest absolute Gasteiger partial charge is 0.490 e. The van der Waals surface area contributed by atoms with Crippen LogP contribution < -0.4 is 14.8 Å². The number of para-hydroxylation sites is 1. The minimum Gasteiger partial charge on any atom is -0.490 e. The summed E-state index contributed by atoms with van der Waals surface area (Å²) in [7, 11) is 0. The van der Waals surface area contributed by atoms with Crippen LogP contribution in [-0.2, 0) is 19.7 Å². The van der Waals surface area contributed by atoms with Crippen molar-refractivity contribution in [3.63, 3.8) is 0 Å². The molecule has 0 saturated heterocycles. The molecule has 0 aliphatic rings. The maximum atomic E-state index is 6.27. The maximum Gasteiger partial charge on any atom is 0.243 e. The lowest BCUT2D eigenvalue weighted by molar-refractivity contribution is 0.267. The van der Waals surface area contributed by atoms with Crippen molar-refractivity contribution in [3.05, 3.63) is 58.6 Å². The summed E-state index contributed by atoms with van der Waals surface area (Å²) in [6, 6.07) is 13.5. The smallest absolute Gasteiger partial charge is 0.243 e. The highest BCUT2D eigenvalue weighted by atomic mass is 35.5. The van der Waals surface area contributed by atoms with E-state index in [1.165, 1.54) is 0 Å². The summed E-state index contributed by atoms with van der Waals surface area (Å²) >= 11 is 6.27. The molecule has 0 bridgehead atoms. The van der Waals surface area contributed by atoms with Crippen LogP contribution in [0.3, 0.4) is 0 Å². The van der Waals surface area contributed by atoms with Crippen LogP contribution in [0, 0.1) is 0 Å². The van der Waals surface area contributed by atoms with Crippen molar-refractivity contribution >= 4 is 17.5 Å². The van der Waals surface area contributed by atoms with Crippen LogP contribution in [0.5, 0.6) is 11.5 Å². The zero-order chi connectivity index (χ0) is 20.5. The van der Waals surface area contributed by atoms with E-state index in [1.807, 2.05) is 49.4 Å². The number of hydrogen-bond donors (Lipinski definition) is 1. The van der Waals surface area contributed by atoms with E-state index in [1.54, 1.807) is 4.68 Å². The molecule has 0 spiro atoms. The van der Waals surface area contributed by atoms with Crippen LogP contribution in [0.25, 0.3) is 0 Å². The monoisotopic (exact) mass is 415 g/mol. The van der Waals surface area contributed by atoms with E-state index >= 15 is 0 Å². The predicted molar refractivity (Wildman–Crippen MR) is 113 cm³/mol. The van der Waals surface area contributed by atoms with E-state index in [4.69, 9.17) is 21.1 Å². The average molecular weight is 416 g/mol. The second-order valence-corrected chi connectivity index (χ2v) is 6.90. The van der Waals surface area contributed by atoms with Crippen molar-refractivity contribution in [1.82, 2.24) is 20.2 Å². The minimum absolute atomic E-state index is 0.352. The number of anilines is 1. The molecule has 0 radical (unpaired) electrons. The molecule has 3 rings (SSSR count). The van der Waals surface area contributed by atoms with Crippen molar-refractivity contribution in [2.45, 2.75) is 46.4 Å². The number of hydrogen-bond acceptors (Lipinski definition) is 6. The highest BCUT2D eigenvalue weighted by Gasteiger charge is 2.14. The van der Waals surface area contributed by atoms with E-state index in [0.29, 0.717) is 42.2 Å². The summed E-state index contributed by atoms with van der Waals surface area (Å²) in [5.74, 6) is 2.02. The number of nitrogens with one attached hydrogen (secondary N) is 1. The van der Waals surface area contributed by atoms with E-state index in [0.717, 1.165) is 30.5 Å². The van der Waals surface area contributed by atoms with Gasteiger partial charge in [-0.25, -0.2) is 4.68 Å². The Bertz CT molecular complexity index is 916. The van der Waals surface area contributed by atoms with E-state index in [9.17, 15) is 0 Å². The highest BCUT2D eigenvalue weighted by Crippen LogP contribution is 2.33. The fraction of sp³-hybridized carbons (Fsp3) is 0.381. The Morgan fingerprint density at radius 2 is 1.86 bits per heavy atom. The molecule has 29 heavy (non-hydrogen) atoms. The standard InChI is InChI=1S/C21H26ClN5O2/c1-3-5-13-27-21(24-25-26-27)23-14-16-10-8-12-19(28-4-2)20(16)29-15-17-9-6-7-11-18(17)22/h6-12H,3-5,13-15H2,1-2H3,(H,23,24,26). The molecule has 7 nitrogen and oxygen atoms in total. The molecule has 2 aromatic carbocycles. The first-order valence-corrected chi connectivity index (χ1v) is 10.2. The summed E-state index contributed by atoms with van der Waals surface area (Å²) < 4.78 is 13.7. The lowest BCUT2D eigenvalue weighted by atomic mass is 10.1. The fourth-order valence-electron chi connectivity index (χ4n) is 2.86. The molecule has 1 heterocycles. The van der Waals surface area contributed by atoms with Crippen LogP contribution in [0.15, 0.2) is 42.5 Å². The maximum absolute atomic E-state index is 6.27. The van der Waals surface area contributed by atoms with E-state index in [2.05, 4.69) is 27.8 Å². The summed E-state index contributed by atoms with van der Waals surface area (Å²) in [5.41, 5.74) is 1.87. The van der Waals surface area contributed by atoms with Gasteiger partial charge in [0.05, 0.1) is 6.61 Å². The number of aryl methyl sites for hydroxylation is 1. The highest BCUT2D eigenvalue weighted by molar-refractivity contribution is 6.31. The second kappa shape index (κ2) is 10.7. The molecule has 154 valence electrons. The number of ether oxygens (including phenoxy) is 2. The van der Waals surface area contributed by atoms with Crippen LogP contribution in [-0.4, -0.2) is 26.8 Å². The van der Waals surface area contributed by atoms with Gasteiger partial charge in [0.25, 0.3) is 0 Å². The summed E-state index contributed by atoms with van der Waals surface area (Å²) in [6.07, 6.45) is 2.10. The third kappa shape index (κ3) is 5.60. The van der Waals surface area contributed by atoms with Crippen molar-refractivity contribution in [1.29, 1.82) is 0 Å². The van der Waals surface area contributed by atoms with Crippen LogP contribution in [0.2, 0.25) is 5.02 Å². The quantitative estimate of drug-likeness (QED) is 0.488. The van der Waals surface area contributed by atoms with Gasteiger partial charge < -0.3 is 14.8 Å². The molecule has 8 heteroatoms. The normalized spacial score (nSPS) is 10.7. The fourth-order valence-corrected chi connectivity index (χ4v) is 3.05. The van der Waals surface area contributed by atoms with Gasteiger partial charge >= 0.3 is 0 Å². The van der Waals surface area contributed by atoms with Crippen LogP contribution in [0.1, 0.15) is 37.8 Å². The number of unbranched alkanes of at least 4 members (excludes halogenated alkanes) is 1. The lowest BCUT2D eigenvalue weighted by Crippen LogP contribution is -2.11. The van der Waals surface area contributed by atoms with Crippen molar-refractivity contribution in [2.24, 2.45) is 0 Å². The lowest BCUT2D eigenvalue weighted by Gasteiger charge is -2.17. The Kier molecular flexibility index (Phi) is 7.69. The van der Waals surface area contributed by atoms with Gasteiger partial charge in [-0.05, 0) is 35.9 Å². The molecular formula is C21H26ClN5O2. The Balaban J connectivity index is 1.76. The summed E-state index contributed by atoms with van der Waals surface area (Å²) in [5, 5.41) is 15.9. The molecule has 0 saturated carbocycles. The SMILES string of the molecule is CCCCn1nnnc1NCc1cccc(OCC)c1OCc1ccccc1Cl. The number of rotatable bonds is 11. The van der Waals surface area contributed by atoms with Crippen molar-refractivity contribution in [2.75, 3.05) is 11.9 Å². The summed E-state index contributed by atoms with van der Waals surface area (Å²) in [6.45, 7) is 6.27. The van der Waals surface area contributed by atoms with Gasteiger partial charge in [-0.15, -0.1) is 0 Å². The van der Waals surface area contributed by atoms with E-state index in [-0.39, 0.29) is 0 Å². The third-order valence-electron chi connectivity index (χ3n) is 4.38. The molecule has 0 aliphatic heterocycles. The molecule has 0 unspecified atom stereocenters. The molecule has 1 aromatic heterocycles. The van der Waals surface area contributed by atoms with E-state index < -0.39 is 0 Å². The molecule has 0 aliphatic carbocycles. The van der Waals surface area contributed by atoms with Crippen molar-refractivity contribution < 1.29 is 9.47 Å². The zero-order valence-electron chi connectivity index (χ0n) is 16.8. The molecule has 0 fully saturated rings. The Labute approximate surface area is 176 Å². The number of benzene rings is 2. The van der Waals surface area contributed by atoms with Gasteiger partial charge in [0, 0.05) is 29.2 Å². The molecule has 1 N–H and O–H groups in total. The number of halogens is 1. The van der Waals surface area contributed by atoms with Gasteiger partial charge in [-0.1, -0.05) is 60.4 Å². The predicted octanol–water partition coefficient (Wildman–Crippen LogP) is 4.72. The van der Waals surface area contributed by atoms with Crippen molar-refractivity contribution in [3.8, 4) is 11.5 Å². The third-order valence-corrected chi connectivity index (χ3v) is 4.75. The first kappa shape index (κ1) is 20.9. The average Bonchev–Trinajstić information content (AvgIpc) is 3.18. The number of nitrogens with zero attached hydrogens (tertiary/aromatic N) is 4. The van der Waals surface area contributed by atoms with Gasteiger partial charge in [0.15, 0.2) is 11.5 Å². The second-order valence-electron chi connectivity index (χ2n) is 6.49. The van der Waals surface area contributed by atoms with Gasteiger partial charge in [0.1, 0.15) is 6.61 Å². The number of tetrazole rings is 1. The Hall–Kier alpha value is -2.80. The summed E-state index contributed by atoms with van der Waals surface area (Å²) in [4.78, 5) is 0. The molecule has 0 amide bonds. The zero-order valence-corrected chi connectivity index (χ0v) is 17.5. The van der Waals surface area contributed by atoms with Gasteiger partial charge in [-0.2, -0.15) is 0 Å². The van der Waals surface area contributed by atoms with Gasteiger partial charge in [0.2, 0.25) is 5.95 Å². The Morgan fingerprint density at radius 1 is 1.03 bits per heavy atom. The van der Waals surface area contributed by atoms with Crippen LogP contribution >= 0.6 is 11.6 Å².